The van der Waals surface area contributed by atoms with Crippen molar-refractivity contribution in [2.45, 2.75) is 12.8 Å². The van der Waals surface area contributed by atoms with Crippen LogP contribution in [-0.4, -0.2) is 16.3 Å². The van der Waals surface area contributed by atoms with Gasteiger partial charge in [-0.1, -0.05) is 48.5 Å². The van der Waals surface area contributed by atoms with Gasteiger partial charge in [-0.25, -0.2) is 0 Å². The van der Waals surface area contributed by atoms with Gasteiger partial charge in [0.15, 0.2) is 5.78 Å². The van der Waals surface area contributed by atoms with E-state index in [4.69, 9.17) is 0 Å². The van der Waals surface area contributed by atoms with E-state index in [2.05, 4.69) is 0 Å². The minimum absolute atomic E-state index is 0.00440. The lowest BCUT2D eigenvalue weighted by Crippen LogP contribution is -2.05. The summed E-state index contributed by atoms with van der Waals surface area (Å²) in [6.07, 6.45) is 1.12. The topological polar surface area (TPSA) is 39.1 Å². The van der Waals surface area contributed by atoms with Gasteiger partial charge >= 0.3 is 0 Å². The van der Waals surface area contributed by atoms with Gasteiger partial charge in [0.25, 0.3) is 0 Å². The molecule has 3 aromatic rings. The van der Waals surface area contributed by atoms with Crippen molar-refractivity contribution in [2.24, 2.45) is 0 Å². The summed E-state index contributed by atoms with van der Waals surface area (Å²) in [6, 6.07) is 16.9. The normalized spacial score (nSPS) is 13.6. The summed E-state index contributed by atoms with van der Waals surface area (Å²) < 4.78 is 1.71. The van der Waals surface area contributed by atoms with Crippen LogP contribution in [-0.2, 0) is 6.42 Å². The number of aromatic nitrogens is 1. The SMILES string of the molecule is O=C(c1ccccc1)c1c2n(c3ccccc13)C(=O)CC2. The van der Waals surface area contributed by atoms with Crippen molar-refractivity contribution in [3.8, 4) is 0 Å². The van der Waals surface area contributed by atoms with Crippen LogP contribution in [0.25, 0.3) is 10.9 Å². The highest BCUT2D eigenvalue weighted by molar-refractivity contribution is 6.19. The lowest BCUT2D eigenvalue weighted by atomic mass is 9.99. The minimum Gasteiger partial charge on any atom is -0.289 e. The maximum Gasteiger partial charge on any atom is 0.231 e. The van der Waals surface area contributed by atoms with Crippen LogP contribution in [0.2, 0.25) is 0 Å². The first-order valence-electron chi connectivity index (χ1n) is 7.02. The fourth-order valence-corrected chi connectivity index (χ4v) is 3.14. The first-order valence-corrected chi connectivity index (χ1v) is 7.02. The smallest absolute Gasteiger partial charge is 0.231 e. The van der Waals surface area contributed by atoms with E-state index in [0.717, 1.165) is 16.6 Å². The molecule has 0 atom stereocenters. The lowest BCUT2D eigenvalue weighted by molar-refractivity contribution is 0.0928. The van der Waals surface area contributed by atoms with Crippen molar-refractivity contribution >= 4 is 22.6 Å². The van der Waals surface area contributed by atoms with Crippen molar-refractivity contribution in [2.75, 3.05) is 0 Å². The van der Waals surface area contributed by atoms with Crippen molar-refractivity contribution < 1.29 is 9.59 Å². The van der Waals surface area contributed by atoms with Crippen LogP contribution in [0.1, 0.15) is 32.8 Å². The predicted octanol–water partition coefficient (Wildman–Crippen LogP) is 3.46. The number of para-hydroxylation sites is 1. The standard InChI is InChI=1S/C18H13NO2/c20-16-11-10-15-17(18(21)12-6-2-1-3-7-12)13-8-4-5-9-14(13)19(15)16/h1-9H,10-11H2. The van der Waals surface area contributed by atoms with Crippen LogP contribution in [0.15, 0.2) is 54.6 Å². The third-order valence-electron chi connectivity index (χ3n) is 4.06. The number of rotatable bonds is 2. The molecule has 1 aliphatic rings. The molecule has 0 saturated heterocycles. The minimum atomic E-state index is -0.00440. The van der Waals surface area contributed by atoms with Crippen molar-refractivity contribution in [1.29, 1.82) is 0 Å². The molecule has 0 N–H and O–H groups in total. The molecule has 1 aromatic heterocycles. The summed E-state index contributed by atoms with van der Waals surface area (Å²) >= 11 is 0. The molecule has 0 radical (unpaired) electrons. The molecule has 0 saturated carbocycles. The van der Waals surface area contributed by atoms with Crippen LogP contribution in [0, 0.1) is 0 Å². The molecule has 2 aromatic carbocycles. The first-order chi connectivity index (χ1) is 10.3. The second kappa shape index (κ2) is 4.42. The summed E-state index contributed by atoms with van der Waals surface area (Å²) in [6.45, 7) is 0. The fourth-order valence-electron chi connectivity index (χ4n) is 3.14. The molecule has 0 bridgehead atoms. The number of hydrogen-bond donors (Lipinski definition) is 0. The highest BCUT2D eigenvalue weighted by atomic mass is 16.2. The van der Waals surface area contributed by atoms with Crippen LogP contribution < -0.4 is 0 Å². The van der Waals surface area contributed by atoms with Gasteiger partial charge < -0.3 is 0 Å². The van der Waals surface area contributed by atoms with E-state index in [1.165, 1.54) is 0 Å². The average Bonchev–Trinajstić information content (AvgIpc) is 3.06. The molecule has 0 aliphatic carbocycles. The average molecular weight is 275 g/mol. The molecule has 102 valence electrons. The van der Waals surface area contributed by atoms with Crippen LogP contribution in [0.4, 0.5) is 0 Å². The third-order valence-corrected chi connectivity index (χ3v) is 4.06. The number of ketones is 1. The Morgan fingerprint density at radius 2 is 1.62 bits per heavy atom. The molecule has 2 heterocycles. The van der Waals surface area contributed by atoms with E-state index in [1.54, 1.807) is 4.57 Å². The Hall–Kier alpha value is -2.68. The molecule has 21 heavy (non-hydrogen) atoms. The predicted molar refractivity (Wildman–Crippen MR) is 80.8 cm³/mol. The van der Waals surface area contributed by atoms with E-state index in [-0.39, 0.29) is 11.7 Å². The van der Waals surface area contributed by atoms with Gasteiger partial charge in [0, 0.05) is 23.1 Å². The highest BCUT2D eigenvalue weighted by Gasteiger charge is 2.29. The number of fused-ring (bicyclic) bond motifs is 3. The summed E-state index contributed by atoms with van der Waals surface area (Å²) in [5.74, 6) is 0.0727. The molecular formula is C18H13NO2. The van der Waals surface area contributed by atoms with Crippen molar-refractivity contribution in [3.63, 3.8) is 0 Å². The molecule has 0 unspecified atom stereocenters. The second-order valence-electron chi connectivity index (χ2n) is 5.26. The maximum absolute atomic E-state index is 12.9. The molecule has 4 rings (SSSR count). The molecule has 0 amide bonds. The molecule has 3 heteroatoms. The maximum atomic E-state index is 12.9. The Bertz CT molecular complexity index is 875. The van der Waals surface area contributed by atoms with E-state index in [0.29, 0.717) is 24.0 Å². The lowest BCUT2D eigenvalue weighted by Gasteiger charge is -2.02. The first kappa shape index (κ1) is 12.1. The van der Waals surface area contributed by atoms with Gasteiger partial charge in [-0.15, -0.1) is 0 Å². The van der Waals surface area contributed by atoms with Gasteiger partial charge in [0.05, 0.1) is 11.1 Å². The summed E-state index contributed by atoms with van der Waals surface area (Å²) in [5.41, 5.74) is 3.04. The fraction of sp³-hybridized carbons (Fsp3) is 0.111. The summed E-state index contributed by atoms with van der Waals surface area (Å²) in [7, 11) is 0. The van der Waals surface area contributed by atoms with E-state index in [9.17, 15) is 9.59 Å². The number of carbonyl (C=O) groups excluding carboxylic acids is 2. The van der Waals surface area contributed by atoms with Crippen LogP contribution in [0.5, 0.6) is 0 Å². The summed E-state index contributed by atoms with van der Waals surface area (Å²) in [4.78, 5) is 25.0. The quantitative estimate of drug-likeness (QED) is 0.672. The number of nitrogens with zero attached hydrogens (tertiary/aromatic N) is 1. The monoisotopic (exact) mass is 275 g/mol. The van der Waals surface area contributed by atoms with Crippen LogP contribution in [0.3, 0.4) is 0 Å². The van der Waals surface area contributed by atoms with Gasteiger partial charge in [0.2, 0.25) is 5.91 Å². The van der Waals surface area contributed by atoms with Gasteiger partial charge in [-0.05, 0) is 12.5 Å². The molecule has 1 aliphatic heterocycles. The Kier molecular flexibility index (Phi) is 2.54. The zero-order valence-corrected chi connectivity index (χ0v) is 11.4. The van der Waals surface area contributed by atoms with E-state index < -0.39 is 0 Å². The van der Waals surface area contributed by atoms with Crippen LogP contribution >= 0.6 is 0 Å². The van der Waals surface area contributed by atoms with E-state index in [1.807, 2.05) is 54.6 Å². The Morgan fingerprint density at radius 3 is 2.43 bits per heavy atom. The molecule has 3 nitrogen and oxygen atoms in total. The zero-order chi connectivity index (χ0) is 14.4. The third kappa shape index (κ3) is 1.67. The Balaban J connectivity index is 2.02. The molecule has 0 spiro atoms. The largest absolute Gasteiger partial charge is 0.289 e. The Labute approximate surface area is 121 Å². The summed E-state index contributed by atoms with van der Waals surface area (Å²) in [5, 5.41) is 0.870. The van der Waals surface area contributed by atoms with Gasteiger partial charge in [-0.3, -0.25) is 14.2 Å². The number of hydrogen-bond acceptors (Lipinski definition) is 2. The molecular weight excluding hydrogens is 262 g/mol. The van der Waals surface area contributed by atoms with Gasteiger partial charge in [-0.2, -0.15) is 0 Å². The zero-order valence-electron chi connectivity index (χ0n) is 11.4. The molecule has 0 fully saturated rings. The Morgan fingerprint density at radius 1 is 0.905 bits per heavy atom. The van der Waals surface area contributed by atoms with E-state index >= 15 is 0 Å². The second-order valence-corrected chi connectivity index (χ2v) is 5.26. The number of benzene rings is 2. The number of carbonyl (C=O) groups is 2. The van der Waals surface area contributed by atoms with Crippen molar-refractivity contribution in [1.82, 2.24) is 4.57 Å². The van der Waals surface area contributed by atoms with Crippen molar-refractivity contribution in [3.05, 3.63) is 71.4 Å². The van der Waals surface area contributed by atoms with Gasteiger partial charge in [0.1, 0.15) is 0 Å². The highest BCUT2D eigenvalue weighted by Crippen LogP contribution is 2.32.